The molecule has 4 rings (SSSR count). The van der Waals surface area contributed by atoms with E-state index < -0.39 is 34.2 Å². The van der Waals surface area contributed by atoms with Crippen LogP contribution >= 0.6 is 0 Å². The molecule has 4 aromatic rings. The summed E-state index contributed by atoms with van der Waals surface area (Å²) in [5.41, 5.74) is 1.44. The maximum Gasteiger partial charge on any atom is 0.416 e. The van der Waals surface area contributed by atoms with Crippen LogP contribution in [0.25, 0.3) is 0 Å². The van der Waals surface area contributed by atoms with Crippen LogP contribution < -0.4 is 14.9 Å². The Morgan fingerprint density at radius 1 is 0.750 bits per heavy atom. The van der Waals surface area contributed by atoms with Gasteiger partial charge in [-0.2, -0.15) is 13.2 Å². The van der Waals surface area contributed by atoms with Gasteiger partial charge in [0.15, 0.2) is 0 Å². The predicted octanol–water partition coefficient (Wildman–Crippen LogP) is 7.40. The van der Waals surface area contributed by atoms with Crippen LogP contribution in [0.5, 0.6) is 0 Å². The number of nitrogens with zero attached hydrogens (tertiary/aromatic N) is 1. The van der Waals surface area contributed by atoms with E-state index in [9.17, 15) is 31.2 Å². The SMILES string of the molecule is Cc1ccc(S(=O)(=O)N(CC(=O)Nc2cccc(NC(=O)c3ccc(C(C)(C)C)cc3)c2)c2cccc(C(F)(F)F)c2)cc1. The fraction of sp³-hybridized carbons (Fsp3) is 0.212. The summed E-state index contributed by atoms with van der Waals surface area (Å²) in [4.78, 5) is 25.8. The van der Waals surface area contributed by atoms with Gasteiger partial charge in [-0.15, -0.1) is 0 Å². The van der Waals surface area contributed by atoms with Crippen molar-refractivity contribution in [3.8, 4) is 0 Å². The van der Waals surface area contributed by atoms with E-state index in [2.05, 4.69) is 31.4 Å². The number of hydrogen-bond acceptors (Lipinski definition) is 4. The zero-order valence-electron chi connectivity index (χ0n) is 24.6. The summed E-state index contributed by atoms with van der Waals surface area (Å²) in [7, 11) is -4.44. The van der Waals surface area contributed by atoms with E-state index in [0.29, 0.717) is 21.6 Å². The van der Waals surface area contributed by atoms with Gasteiger partial charge >= 0.3 is 6.18 Å². The molecule has 7 nitrogen and oxygen atoms in total. The number of carbonyl (C=O) groups excluding carboxylic acids is 2. The summed E-state index contributed by atoms with van der Waals surface area (Å²) in [6, 6.07) is 23.0. The molecular formula is C33H32F3N3O4S. The number of nitrogens with one attached hydrogen (secondary N) is 2. The first-order chi connectivity index (χ1) is 20.5. The van der Waals surface area contributed by atoms with Crippen LogP contribution in [-0.4, -0.2) is 26.8 Å². The number of amides is 2. The van der Waals surface area contributed by atoms with Crippen molar-refractivity contribution in [2.75, 3.05) is 21.5 Å². The quantitative estimate of drug-likeness (QED) is 0.214. The normalized spacial score (nSPS) is 12.0. The van der Waals surface area contributed by atoms with E-state index in [-0.39, 0.29) is 27.6 Å². The van der Waals surface area contributed by atoms with Gasteiger partial charge in [0.1, 0.15) is 6.54 Å². The first kappa shape index (κ1) is 32.3. The average molecular weight is 624 g/mol. The molecule has 0 unspecified atom stereocenters. The highest BCUT2D eigenvalue weighted by atomic mass is 32.2. The lowest BCUT2D eigenvalue weighted by Crippen LogP contribution is -2.38. The predicted molar refractivity (Wildman–Crippen MR) is 165 cm³/mol. The van der Waals surface area contributed by atoms with Crippen molar-refractivity contribution >= 4 is 38.9 Å². The molecule has 2 N–H and O–H groups in total. The van der Waals surface area contributed by atoms with Crippen LogP contribution in [0.4, 0.5) is 30.2 Å². The van der Waals surface area contributed by atoms with Crippen LogP contribution in [0.2, 0.25) is 0 Å². The van der Waals surface area contributed by atoms with Crippen LogP contribution in [0.3, 0.4) is 0 Å². The number of sulfonamides is 1. The maximum atomic E-state index is 13.6. The third-order valence-electron chi connectivity index (χ3n) is 6.77. The van der Waals surface area contributed by atoms with Gasteiger partial charge in [0.2, 0.25) is 5.91 Å². The van der Waals surface area contributed by atoms with E-state index in [4.69, 9.17) is 0 Å². The molecule has 230 valence electrons. The smallest absolute Gasteiger partial charge is 0.324 e. The Kier molecular flexibility index (Phi) is 9.19. The number of benzene rings is 4. The molecule has 0 fully saturated rings. The zero-order valence-corrected chi connectivity index (χ0v) is 25.4. The Labute approximate surface area is 254 Å². The van der Waals surface area contributed by atoms with Crippen molar-refractivity contribution in [2.24, 2.45) is 0 Å². The minimum atomic E-state index is -4.73. The van der Waals surface area contributed by atoms with Crippen molar-refractivity contribution in [3.63, 3.8) is 0 Å². The first-order valence-electron chi connectivity index (χ1n) is 13.6. The highest BCUT2D eigenvalue weighted by Crippen LogP contribution is 2.33. The van der Waals surface area contributed by atoms with Crippen molar-refractivity contribution in [1.82, 2.24) is 0 Å². The molecular weight excluding hydrogens is 591 g/mol. The summed E-state index contributed by atoms with van der Waals surface area (Å²) >= 11 is 0. The largest absolute Gasteiger partial charge is 0.416 e. The minimum Gasteiger partial charge on any atom is -0.324 e. The molecule has 0 heterocycles. The number of halogens is 3. The molecule has 0 aromatic heterocycles. The van der Waals surface area contributed by atoms with Gasteiger partial charge in [-0.25, -0.2) is 8.42 Å². The lowest BCUT2D eigenvalue weighted by molar-refractivity contribution is -0.137. The zero-order chi connectivity index (χ0) is 32.3. The number of carbonyl (C=O) groups is 2. The second-order valence-corrected chi connectivity index (χ2v) is 13.1. The lowest BCUT2D eigenvalue weighted by Gasteiger charge is -2.25. The minimum absolute atomic E-state index is 0.0717. The molecule has 0 aliphatic heterocycles. The molecule has 0 spiro atoms. The third kappa shape index (κ3) is 7.84. The third-order valence-corrected chi connectivity index (χ3v) is 8.56. The van der Waals surface area contributed by atoms with E-state index in [1.165, 1.54) is 30.3 Å². The topological polar surface area (TPSA) is 95.6 Å². The van der Waals surface area contributed by atoms with E-state index >= 15 is 0 Å². The summed E-state index contributed by atoms with van der Waals surface area (Å²) in [6.07, 6.45) is -4.73. The van der Waals surface area contributed by atoms with Gasteiger partial charge in [-0.3, -0.25) is 13.9 Å². The fourth-order valence-corrected chi connectivity index (χ4v) is 5.73. The molecule has 4 aromatic carbocycles. The number of hydrogen-bond donors (Lipinski definition) is 2. The molecule has 0 saturated carbocycles. The summed E-state index contributed by atoms with van der Waals surface area (Å²) < 4.78 is 68.2. The van der Waals surface area contributed by atoms with Gasteiger partial charge in [0, 0.05) is 16.9 Å². The van der Waals surface area contributed by atoms with Crippen molar-refractivity contribution in [1.29, 1.82) is 0 Å². The van der Waals surface area contributed by atoms with Gasteiger partial charge in [0.05, 0.1) is 16.1 Å². The van der Waals surface area contributed by atoms with E-state index in [1.54, 1.807) is 43.3 Å². The number of alkyl halides is 3. The molecule has 0 aliphatic carbocycles. The second-order valence-electron chi connectivity index (χ2n) is 11.3. The van der Waals surface area contributed by atoms with Crippen LogP contribution in [0.1, 0.15) is 47.8 Å². The molecule has 11 heteroatoms. The van der Waals surface area contributed by atoms with Crippen LogP contribution in [-0.2, 0) is 26.4 Å². The van der Waals surface area contributed by atoms with Crippen LogP contribution in [0.15, 0.2) is 102 Å². The van der Waals surface area contributed by atoms with E-state index in [0.717, 1.165) is 23.3 Å². The van der Waals surface area contributed by atoms with Crippen molar-refractivity contribution in [2.45, 2.75) is 44.2 Å². The molecule has 0 aliphatic rings. The average Bonchev–Trinajstić information content (AvgIpc) is 2.95. The molecule has 44 heavy (non-hydrogen) atoms. The first-order valence-corrected chi connectivity index (χ1v) is 15.1. The number of aryl methyl sites for hydroxylation is 1. The highest BCUT2D eigenvalue weighted by molar-refractivity contribution is 7.92. The molecule has 0 atom stereocenters. The lowest BCUT2D eigenvalue weighted by atomic mass is 9.87. The molecule has 0 saturated heterocycles. The van der Waals surface area contributed by atoms with Gasteiger partial charge in [-0.1, -0.05) is 62.7 Å². The second kappa shape index (κ2) is 12.5. The Morgan fingerprint density at radius 3 is 1.93 bits per heavy atom. The Hall–Kier alpha value is -4.64. The molecule has 2 amide bonds. The van der Waals surface area contributed by atoms with E-state index in [1.807, 2.05) is 12.1 Å². The van der Waals surface area contributed by atoms with Gasteiger partial charge in [-0.05, 0) is 78.6 Å². The van der Waals surface area contributed by atoms with Gasteiger partial charge in [0.25, 0.3) is 15.9 Å². The Bertz CT molecular complexity index is 1760. The number of anilines is 3. The summed E-state index contributed by atoms with van der Waals surface area (Å²) in [6.45, 7) is 7.15. The standard InChI is InChI=1S/C33H32F3N3O4S/c1-22-11-17-29(18-12-22)44(42,43)39(28-10-5-7-25(19-28)33(34,35)36)21-30(40)37-26-8-6-9-27(20-26)38-31(41)23-13-15-24(16-14-23)32(2,3)4/h5-20H,21H2,1-4H3,(H,37,40)(H,38,41). The maximum absolute atomic E-state index is 13.6. The van der Waals surface area contributed by atoms with Gasteiger partial charge < -0.3 is 10.6 Å². The monoisotopic (exact) mass is 623 g/mol. The highest BCUT2D eigenvalue weighted by Gasteiger charge is 2.33. The van der Waals surface area contributed by atoms with Crippen molar-refractivity contribution < 1.29 is 31.2 Å². The number of rotatable bonds is 8. The van der Waals surface area contributed by atoms with Crippen molar-refractivity contribution in [3.05, 3.63) is 119 Å². The Morgan fingerprint density at radius 2 is 1.34 bits per heavy atom. The molecule has 0 radical (unpaired) electrons. The Balaban J connectivity index is 1.56. The molecule has 0 bridgehead atoms. The summed E-state index contributed by atoms with van der Waals surface area (Å²) in [5.74, 6) is -1.17. The van der Waals surface area contributed by atoms with Crippen LogP contribution in [0, 0.1) is 6.92 Å². The fourth-order valence-electron chi connectivity index (χ4n) is 4.32. The summed E-state index contributed by atoms with van der Waals surface area (Å²) in [5, 5.41) is 5.34.